The summed E-state index contributed by atoms with van der Waals surface area (Å²) in [6.45, 7) is -0.0512. The largest absolute Gasteiger partial charge is 0.484 e. The molecule has 0 fully saturated rings. The van der Waals surface area contributed by atoms with Crippen LogP contribution in [0.15, 0.2) is 54.6 Å². The lowest BCUT2D eigenvalue weighted by molar-refractivity contribution is -0.137. The number of rotatable bonds is 8. The van der Waals surface area contributed by atoms with E-state index in [0.717, 1.165) is 5.56 Å². The molecule has 5 heteroatoms. The minimum absolute atomic E-state index is 0.0512. The van der Waals surface area contributed by atoms with E-state index in [1.165, 1.54) is 0 Å². The Hall–Kier alpha value is -2.82. The minimum atomic E-state index is -0.785. The van der Waals surface area contributed by atoms with Crippen molar-refractivity contribution in [3.63, 3.8) is 0 Å². The zero-order valence-electron chi connectivity index (χ0n) is 12.7. The molecule has 1 amide bonds. The van der Waals surface area contributed by atoms with Crippen LogP contribution in [-0.4, -0.2) is 23.6 Å². The molecule has 0 atom stereocenters. The van der Waals surface area contributed by atoms with E-state index in [2.05, 4.69) is 5.32 Å². The van der Waals surface area contributed by atoms with E-state index in [1.807, 2.05) is 30.3 Å². The van der Waals surface area contributed by atoms with Crippen LogP contribution in [0.1, 0.15) is 18.4 Å². The predicted molar refractivity (Wildman–Crippen MR) is 87.6 cm³/mol. The Morgan fingerprint density at radius 2 is 1.70 bits per heavy atom. The zero-order valence-corrected chi connectivity index (χ0v) is 12.7. The normalized spacial score (nSPS) is 10.1. The van der Waals surface area contributed by atoms with Gasteiger partial charge in [0.25, 0.3) is 5.91 Å². The number of carbonyl (C=O) groups is 2. The van der Waals surface area contributed by atoms with E-state index in [4.69, 9.17) is 9.84 Å². The summed E-state index contributed by atoms with van der Waals surface area (Å²) in [6, 6.07) is 16.5. The molecule has 0 aliphatic carbocycles. The van der Waals surface area contributed by atoms with E-state index >= 15 is 0 Å². The Bertz CT molecular complexity index is 638. The number of hydrogen-bond donors (Lipinski definition) is 2. The molecule has 0 spiro atoms. The highest BCUT2D eigenvalue weighted by molar-refractivity contribution is 5.91. The first kappa shape index (κ1) is 16.5. The summed E-state index contributed by atoms with van der Waals surface area (Å²) >= 11 is 0. The lowest BCUT2D eigenvalue weighted by Gasteiger charge is -2.08. The number of anilines is 1. The number of carboxylic acid groups (broad SMARTS) is 1. The van der Waals surface area contributed by atoms with Crippen molar-refractivity contribution >= 4 is 17.6 Å². The van der Waals surface area contributed by atoms with Crippen molar-refractivity contribution in [2.24, 2.45) is 0 Å². The quantitative estimate of drug-likeness (QED) is 0.785. The second-order valence-corrected chi connectivity index (χ2v) is 5.09. The van der Waals surface area contributed by atoms with Gasteiger partial charge in [0.15, 0.2) is 6.61 Å². The molecule has 120 valence electrons. The number of carbonyl (C=O) groups excluding carboxylic acids is 1. The van der Waals surface area contributed by atoms with Gasteiger partial charge in [0.1, 0.15) is 5.75 Å². The number of aliphatic carboxylic acids is 1. The topological polar surface area (TPSA) is 75.6 Å². The maximum Gasteiger partial charge on any atom is 0.303 e. The summed E-state index contributed by atoms with van der Waals surface area (Å²) in [6.07, 6.45) is 1.47. The molecule has 0 aliphatic heterocycles. The number of amides is 1. The van der Waals surface area contributed by atoms with Crippen LogP contribution in [-0.2, 0) is 16.0 Å². The van der Waals surface area contributed by atoms with Crippen LogP contribution in [0.2, 0.25) is 0 Å². The van der Waals surface area contributed by atoms with E-state index in [1.54, 1.807) is 24.3 Å². The molecule has 0 radical (unpaired) electrons. The Kier molecular flexibility index (Phi) is 6.17. The van der Waals surface area contributed by atoms with Gasteiger partial charge < -0.3 is 15.2 Å². The molecule has 0 unspecified atom stereocenters. The van der Waals surface area contributed by atoms with E-state index < -0.39 is 5.97 Å². The predicted octanol–water partition coefficient (Wildman–Crippen LogP) is 3.11. The molecular formula is C18H19NO4. The van der Waals surface area contributed by atoms with Crippen molar-refractivity contribution in [2.45, 2.75) is 19.3 Å². The summed E-state index contributed by atoms with van der Waals surface area (Å²) in [5.41, 5.74) is 1.73. The van der Waals surface area contributed by atoms with Gasteiger partial charge in [-0.1, -0.05) is 30.3 Å². The first-order chi connectivity index (χ1) is 11.1. The molecule has 2 rings (SSSR count). The van der Waals surface area contributed by atoms with Gasteiger partial charge >= 0.3 is 5.97 Å². The summed E-state index contributed by atoms with van der Waals surface area (Å²) in [7, 11) is 0. The van der Waals surface area contributed by atoms with Gasteiger partial charge in [-0.25, -0.2) is 0 Å². The van der Waals surface area contributed by atoms with Gasteiger partial charge in [0, 0.05) is 12.1 Å². The molecule has 0 heterocycles. The smallest absolute Gasteiger partial charge is 0.303 e. The lowest BCUT2D eigenvalue weighted by atomic mass is 10.1. The number of para-hydroxylation sites is 1. The molecule has 2 aromatic rings. The highest BCUT2D eigenvalue weighted by Crippen LogP contribution is 2.12. The molecule has 0 aliphatic rings. The number of hydrogen-bond acceptors (Lipinski definition) is 3. The van der Waals surface area contributed by atoms with Crippen molar-refractivity contribution in [3.8, 4) is 5.75 Å². The van der Waals surface area contributed by atoms with Gasteiger partial charge in [0.05, 0.1) is 0 Å². The van der Waals surface area contributed by atoms with Crippen molar-refractivity contribution in [3.05, 3.63) is 60.2 Å². The SMILES string of the molecule is O=C(O)CCCc1ccc(NC(=O)COc2ccccc2)cc1. The summed E-state index contributed by atoms with van der Waals surface area (Å²) in [5, 5.41) is 11.4. The zero-order chi connectivity index (χ0) is 16.5. The monoisotopic (exact) mass is 313 g/mol. The number of benzene rings is 2. The van der Waals surface area contributed by atoms with Crippen molar-refractivity contribution in [2.75, 3.05) is 11.9 Å². The first-order valence-corrected chi connectivity index (χ1v) is 7.42. The van der Waals surface area contributed by atoms with Crippen LogP contribution < -0.4 is 10.1 Å². The number of ether oxygens (including phenoxy) is 1. The highest BCUT2D eigenvalue weighted by Gasteiger charge is 2.04. The average molecular weight is 313 g/mol. The van der Waals surface area contributed by atoms with Crippen molar-refractivity contribution in [1.29, 1.82) is 0 Å². The van der Waals surface area contributed by atoms with E-state index in [-0.39, 0.29) is 18.9 Å². The summed E-state index contributed by atoms with van der Waals surface area (Å²) < 4.78 is 5.37. The maximum absolute atomic E-state index is 11.8. The van der Waals surface area contributed by atoms with Gasteiger partial charge in [-0.3, -0.25) is 9.59 Å². The van der Waals surface area contributed by atoms with Crippen LogP contribution in [0.3, 0.4) is 0 Å². The molecule has 0 aromatic heterocycles. The Labute approximate surface area is 134 Å². The fraction of sp³-hybridized carbons (Fsp3) is 0.222. The number of nitrogens with one attached hydrogen (secondary N) is 1. The fourth-order valence-corrected chi connectivity index (χ4v) is 2.06. The van der Waals surface area contributed by atoms with Gasteiger partial charge in [0.2, 0.25) is 0 Å². The third-order valence-electron chi connectivity index (χ3n) is 3.21. The molecule has 0 saturated heterocycles. The third-order valence-corrected chi connectivity index (χ3v) is 3.21. The van der Waals surface area contributed by atoms with Crippen LogP contribution in [0.4, 0.5) is 5.69 Å². The van der Waals surface area contributed by atoms with Gasteiger partial charge in [-0.05, 0) is 42.7 Å². The first-order valence-electron chi connectivity index (χ1n) is 7.42. The average Bonchev–Trinajstić information content (AvgIpc) is 2.55. The van der Waals surface area contributed by atoms with Gasteiger partial charge in [-0.15, -0.1) is 0 Å². The van der Waals surface area contributed by atoms with Crippen LogP contribution in [0.5, 0.6) is 5.75 Å². The molecule has 23 heavy (non-hydrogen) atoms. The molecule has 2 N–H and O–H groups in total. The summed E-state index contributed by atoms with van der Waals surface area (Å²) in [5.74, 6) is -0.365. The number of carboxylic acids is 1. The number of aryl methyl sites for hydroxylation is 1. The van der Waals surface area contributed by atoms with Crippen LogP contribution in [0.25, 0.3) is 0 Å². The molecule has 0 bridgehead atoms. The standard InChI is InChI=1S/C18H19NO4/c20-17(13-23-16-6-2-1-3-7-16)19-15-11-9-14(10-12-15)5-4-8-18(21)22/h1-3,6-7,9-12H,4-5,8,13H2,(H,19,20)(H,21,22). The minimum Gasteiger partial charge on any atom is -0.484 e. The Morgan fingerprint density at radius 1 is 1.00 bits per heavy atom. The van der Waals surface area contributed by atoms with Crippen molar-refractivity contribution < 1.29 is 19.4 Å². The maximum atomic E-state index is 11.8. The van der Waals surface area contributed by atoms with Crippen molar-refractivity contribution in [1.82, 2.24) is 0 Å². The fourth-order valence-electron chi connectivity index (χ4n) is 2.06. The second kappa shape index (κ2) is 8.58. The molecule has 0 saturated carbocycles. The highest BCUT2D eigenvalue weighted by atomic mass is 16.5. The Morgan fingerprint density at radius 3 is 2.35 bits per heavy atom. The third kappa shape index (κ3) is 6.22. The van der Waals surface area contributed by atoms with E-state index in [9.17, 15) is 9.59 Å². The Balaban J connectivity index is 1.76. The van der Waals surface area contributed by atoms with Crippen LogP contribution in [0, 0.1) is 0 Å². The lowest BCUT2D eigenvalue weighted by Crippen LogP contribution is -2.20. The second-order valence-electron chi connectivity index (χ2n) is 5.09. The molecule has 5 nitrogen and oxygen atoms in total. The van der Waals surface area contributed by atoms with Gasteiger partial charge in [-0.2, -0.15) is 0 Å². The molecule has 2 aromatic carbocycles. The van der Waals surface area contributed by atoms with E-state index in [0.29, 0.717) is 24.3 Å². The van der Waals surface area contributed by atoms with Crippen LogP contribution >= 0.6 is 0 Å². The molecular weight excluding hydrogens is 294 g/mol. The summed E-state index contributed by atoms with van der Waals surface area (Å²) in [4.78, 5) is 22.3.